The van der Waals surface area contributed by atoms with Gasteiger partial charge < -0.3 is 15.0 Å². The molecule has 3 aromatic rings. The molecule has 6 rings (SSSR count). The number of carbonyl (C=O) groups excluding carboxylic acids is 2. The number of cyclic esters (lactones) is 1. The predicted octanol–water partition coefficient (Wildman–Crippen LogP) is 7.48. The molecule has 0 aromatic heterocycles. The van der Waals surface area contributed by atoms with Gasteiger partial charge in [-0.15, -0.1) is 0 Å². The van der Waals surface area contributed by atoms with Crippen LogP contribution in [0.5, 0.6) is 0 Å². The minimum Gasteiger partial charge on any atom is -0.433 e. The Balaban J connectivity index is 1.65. The molecule has 0 saturated heterocycles. The lowest BCUT2D eigenvalue weighted by Crippen LogP contribution is -2.38. The molecule has 3 aliphatic rings. The predicted molar refractivity (Wildman–Crippen MR) is 141 cm³/mol. The van der Waals surface area contributed by atoms with Gasteiger partial charge in [0.25, 0.3) is 0 Å². The van der Waals surface area contributed by atoms with Gasteiger partial charge in [0.2, 0.25) is 6.23 Å². The summed E-state index contributed by atoms with van der Waals surface area (Å²) in [5.74, 6) is -0.330. The molecule has 0 amide bonds. The molecule has 2 aliphatic heterocycles. The molecule has 7 heteroatoms. The highest BCUT2D eigenvalue weighted by Crippen LogP contribution is 2.52. The molecule has 182 valence electrons. The van der Waals surface area contributed by atoms with Crippen molar-refractivity contribution in [2.24, 2.45) is 5.41 Å². The molecule has 5 nitrogen and oxygen atoms in total. The third kappa shape index (κ3) is 3.69. The Labute approximate surface area is 219 Å². The lowest BCUT2D eigenvalue weighted by molar-refractivity contribution is -0.118. The Morgan fingerprint density at radius 2 is 1.69 bits per heavy atom. The minimum absolute atomic E-state index is 0.0558. The smallest absolute Gasteiger partial charge is 0.340 e. The lowest BCUT2D eigenvalue weighted by atomic mass is 9.73. The normalized spacial score (nSPS) is 22.3. The first-order valence-electron chi connectivity index (χ1n) is 11.9. The van der Waals surface area contributed by atoms with Gasteiger partial charge >= 0.3 is 5.97 Å². The first-order valence-corrected chi connectivity index (χ1v) is 12.6. The number of hydrogen-bond acceptors (Lipinski definition) is 5. The van der Waals surface area contributed by atoms with E-state index in [2.05, 4.69) is 19.2 Å². The first-order chi connectivity index (χ1) is 17.2. The fourth-order valence-electron chi connectivity index (χ4n) is 5.61. The summed E-state index contributed by atoms with van der Waals surface area (Å²) < 4.78 is 6.01. The molecule has 0 spiro atoms. The quantitative estimate of drug-likeness (QED) is 0.356. The van der Waals surface area contributed by atoms with E-state index in [9.17, 15) is 9.59 Å². The van der Waals surface area contributed by atoms with E-state index >= 15 is 0 Å². The van der Waals surface area contributed by atoms with Gasteiger partial charge in [-0.05, 0) is 47.7 Å². The molecule has 1 aliphatic carbocycles. The van der Waals surface area contributed by atoms with E-state index in [0.29, 0.717) is 34.0 Å². The van der Waals surface area contributed by atoms with Gasteiger partial charge in [0, 0.05) is 23.3 Å². The maximum Gasteiger partial charge on any atom is 0.340 e. The van der Waals surface area contributed by atoms with Crippen LogP contribution in [0.25, 0.3) is 0 Å². The first kappa shape index (κ1) is 23.1. The van der Waals surface area contributed by atoms with Gasteiger partial charge in [0.15, 0.2) is 5.78 Å². The Kier molecular flexibility index (Phi) is 5.39. The van der Waals surface area contributed by atoms with Gasteiger partial charge in [0.05, 0.1) is 33.0 Å². The molecular weight excluding hydrogens is 495 g/mol. The maximum atomic E-state index is 13.9. The number of esters is 1. The van der Waals surface area contributed by atoms with Crippen LogP contribution < -0.4 is 10.2 Å². The van der Waals surface area contributed by atoms with Crippen molar-refractivity contribution in [3.63, 3.8) is 0 Å². The molecule has 0 saturated carbocycles. The van der Waals surface area contributed by atoms with Crippen LogP contribution in [0, 0.1) is 5.41 Å². The van der Waals surface area contributed by atoms with Gasteiger partial charge in [-0.3, -0.25) is 4.79 Å². The van der Waals surface area contributed by atoms with Crippen molar-refractivity contribution >= 4 is 46.3 Å². The zero-order chi connectivity index (χ0) is 25.2. The number of para-hydroxylation sites is 2. The average molecular weight is 519 g/mol. The van der Waals surface area contributed by atoms with E-state index < -0.39 is 12.3 Å². The van der Waals surface area contributed by atoms with Crippen molar-refractivity contribution in [2.75, 3.05) is 10.2 Å². The zero-order valence-electron chi connectivity index (χ0n) is 19.8. The number of benzene rings is 3. The summed E-state index contributed by atoms with van der Waals surface area (Å²) >= 11 is 12.8. The van der Waals surface area contributed by atoms with E-state index in [4.69, 9.17) is 27.9 Å². The van der Waals surface area contributed by atoms with Crippen molar-refractivity contribution in [2.45, 2.75) is 39.0 Å². The summed E-state index contributed by atoms with van der Waals surface area (Å²) in [5, 5.41) is 4.41. The van der Waals surface area contributed by atoms with Crippen LogP contribution in [0.15, 0.2) is 78.0 Å². The van der Waals surface area contributed by atoms with Crippen LogP contribution >= 0.6 is 23.2 Å². The number of rotatable bonds is 2. The average Bonchev–Trinajstić information content (AvgIpc) is 3.08. The number of nitrogens with one attached hydrogen (secondary N) is 1. The highest BCUT2D eigenvalue weighted by Gasteiger charge is 2.46. The van der Waals surface area contributed by atoms with Crippen molar-refractivity contribution in [3.8, 4) is 0 Å². The molecule has 2 heterocycles. The Morgan fingerprint density at radius 3 is 2.50 bits per heavy atom. The molecule has 0 radical (unpaired) electrons. The third-order valence-corrected chi connectivity index (χ3v) is 7.86. The highest BCUT2D eigenvalue weighted by atomic mass is 35.5. The molecular formula is C29H24Cl2N2O3. The number of Topliss-reactive ketones (excluding diaryl/α,β-unsaturated/α-hetero) is 1. The molecule has 2 atom stereocenters. The van der Waals surface area contributed by atoms with Crippen LogP contribution in [0.3, 0.4) is 0 Å². The second-order valence-corrected chi connectivity index (χ2v) is 11.1. The van der Waals surface area contributed by atoms with E-state index in [0.717, 1.165) is 28.2 Å². The summed E-state index contributed by atoms with van der Waals surface area (Å²) in [6, 6.07) is 20.1. The van der Waals surface area contributed by atoms with Crippen molar-refractivity contribution in [1.82, 2.24) is 0 Å². The van der Waals surface area contributed by atoms with Crippen LogP contribution in [-0.4, -0.2) is 11.8 Å². The number of fused-ring (bicyclic) bond motifs is 2. The molecule has 3 aromatic carbocycles. The summed E-state index contributed by atoms with van der Waals surface area (Å²) in [5.41, 5.74) is 5.09. The molecule has 1 N–H and O–H groups in total. The number of hydrogen-bond donors (Lipinski definition) is 1. The van der Waals surface area contributed by atoms with Gasteiger partial charge in [0.1, 0.15) is 0 Å². The van der Waals surface area contributed by atoms with E-state index in [-0.39, 0.29) is 17.2 Å². The van der Waals surface area contributed by atoms with E-state index in [1.54, 1.807) is 18.2 Å². The summed E-state index contributed by atoms with van der Waals surface area (Å²) in [4.78, 5) is 28.8. The second kappa shape index (κ2) is 8.39. The fourth-order valence-corrected chi connectivity index (χ4v) is 5.92. The van der Waals surface area contributed by atoms with E-state index in [1.807, 2.05) is 53.4 Å². The molecule has 0 unspecified atom stereocenters. The fraction of sp³-hybridized carbons (Fsp3) is 0.241. The topological polar surface area (TPSA) is 58.6 Å². The van der Waals surface area contributed by atoms with Gasteiger partial charge in [-0.2, -0.15) is 0 Å². The van der Waals surface area contributed by atoms with Crippen LogP contribution in [0.4, 0.5) is 11.4 Å². The number of nitrogens with zero attached hydrogens (tertiary/aromatic N) is 1. The monoisotopic (exact) mass is 518 g/mol. The maximum absolute atomic E-state index is 13.9. The Morgan fingerprint density at radius 1 is 0.944 bits per heavy atom. The van der Waals surface area contributed by atoms with Gasteiger partial charge in [-0.25, -0.2) is 4.79 Å². The molecule has 0 fully saturated rings. The number of ether oxygens (including phenoxy) is 1. The number of halogens is 2. The minimum atomic E-state index is -0.731. The van der Waals surface area contributed by atoms with Crippen molar-refractivity contribution in [1.29, 1.82) is 0 Å². The largest absolute Gasteiger partial charge is 0.433 e. The standard InChI is InChI=1S/C29H24Cl2N2O3/c1-29(2)14-22-25(24(34)15-29)26(16-11-12-19(30)20(31)13-16)33(23-10-6-5-9-21(23)32-22)27-17-7-3-4-8-18(17)28(35)36-27/h3-13,26-27,32H,14-15H2,1-2H3/t26-,27+/m1/s1. The van der Waals surface area contributed by atoms with E-state index in [1.165, 1.54) is 0 Å². The summed E-state index contributed by atoms with van der Waals surface area (Å²) in [6.07, 6.45) is 0.386. The Hall–Kier alpha value is -3.28. The van der Waals surface area contributed by atoms with Crippen LogP contribution in [-0.2, 0) is 9.53 Å². The third-order valence-electron chi connectivity index (χ3n) is 7.12. The molecule has 0 bridgehead atoms. The summed E-state index contributed by atoms with van der Waals surface area (Å²) in [6.45, 7) is 4.21. The van der Waals surface area contributed by atoms with Crippen LogP contribution in [0.2, 0.25) is 10.0 Å². The van der Waals surface area contributed by atoms with Gasteiger partial charge in [-0.1, -0.05) is 73.4 Å². The number of anilines is 2. The SMILES string of the molecule is CC1(C)CC(=O)C2=C(C1)Nc1ccccc1N([C@H]1OC(=O)c3ccccc31)[C@@H]2c1ccc(Cl)c(Cl)c1. The number of carbonyl (C=O) groups is 2. The van der Waals surface area contributed by atoms with Crippen molar-refractivity contribution in [3.05, 3.63) is 105 Å². The lowest BCUT2D eigenvalue weighted by Gasteiger charge is -2.40. The molecule has 36 heavy (non-hydrogen) atoms. The van der Waals surface area contributed by atoms with Crippen LogP contribution in [0.1, 0.15) is 60.4 Å². The second-order valence-electron chi connectivity index (χ2n) is 10.3. The summed E-state index contributed by atoms with van der Waals surface area (Å²) in [7, 11) is 0. The Bertz CT molecular complexity index is 1460. The highest BCUT2D eigenvalue weighted by molar-refractivity contribution is 6.42. The zero-order valence-corrected chi connectivity index (χ0v) is 21.4. The van der Waals surface area contributed by atoms with Crippen molar-refractivity contribution < 1.29 is 14.3 Å². The number of ketones is 1. The number of allylic oxidation sites excluding steroid dienone is 1.